The topological polar surface area (TPSA) is 46.5 Å². The van der Waals surface area contributed by atoms with Crippen LogP contribution in [0.25, 0.3) is 0 Å². The lowest BCUT2D eigenvalue weighted by molar-refractivity contribution is 0.0696. The Bertz CT molecular complexity index is 749. The molecule has 0 aliphatic carbocycles. The molecule has 2 aromatic carbocycles. The number of aromatic carboxylic acids is 1. The van der Waals surface area contributed by atoms with E-state index in [1.165, 1.54) is 12.1 Å². The third kappa shape index (κ3) is 2.84. The summed E-state index contributed by atoms with van der Waals surface area (Å²) in [4.78, 5) is 11.0. The van der Waals surface area contributed by atoms with Gasteiger partial charge >= 0.3 is 5.97 Å². The summed E-state index contributed by atoms with van der Waals surface area (Å²) in [6, 6.07) is 3.38. The summed E-state index contributed by atoms with van der Waals surface area (Å²) in [6.07, 6.45) is 0. The standard InChI is InChI=1S/C14H7Cl2F3O3/c1-5-10(17)9(16)13(12(19)11(5)18)22-6-2-3-8(15)7(4-6)14(20)21/h2-4H,1H3,(H,20,21). The molecule has 2 rings (SSSR count). The van der Waals surface area contributed by atoms with Crippen LogP contribution in [-0.4, -0.2) is 11.1 Å². The van der Waals surface area contributed by atoms with Gasteiger partial charge in [0.15, 0.2) is 17.4 Å². The summed E-state index contributed by atoms with van der Waals surface area (Å²) < 4.78 is 46.0. The lowest BCUT2D eigenvalue weighted by Crippen LogP contribution is -2.02. The first-order valence-corrected chi connectivity index (χ1v) is 6.52. The SMILES string of the molecule is Cc1c(F)c(F)c(Oc2ccc(Cl)c(C(=O)O)c2)c(Cl)c1F. The van der Waals surface area contributed by atoms with E-state index in [0.29, 0.717) is 0 Å². The molecule has 0 saturated heterocycles. The summed E-state index contributed by atoms with van der Waals surface area (Å²) >= 11 is 11.3. The van der Waals surface area contributed by atoms with Gasteiger partial charge < -0.3 is 9.84 Å². The largest absolute Gasteiger partial charge is 0.478 e. The first-order valence-electron chi connectivity index (χ1n) is 5.77. The smallest absolute Gasteiger partial charge is 0.337 e. The van der Waals surface area contributed by atoms with Gasteiger partial charge in [0.25, 0.3) is 0 Å². The number of ether oxygens (including phenoxy) is 1. The number of hydrogen-bond donors (Lipinski definition) is 1. The molecule has 0 amide bonds. The monoisotopic (exact) mass is 350 g/mol. The number of halogens is 5. The van der Waals surface area contributed by atoms with E-state index in [9.17, 15) is 18.0 Å². The highest BCUT2D eigenvalue weighted by Crippen LogP contribution is 2.38. The van der Waals surface area contributed by atoms with Crippen LogP contribution >= 0.6 is 23.2 Å². The van der Waals surface area contributed by atoms with Gasteiger partial charge in [-0.1, -0.05) is 23.2 Å². The fourth-order valence-corrected chi connectivity index (χ4v) is 2.12. The normalized spacial score (nSPS) is 10.6. The summed E-state index contributed by atoms with van der Waals surface area (Å²) in [6.45, 7) is 1.02. The van der Waals surface area contributed by atoms with Gasteiger partial charge in [0.1, 0.15) is 10.8 Å². The number of carbonyl (C=O) groups is 1. The van der Waals surface area contributed by atoms with Gasteiger partial charge in [0, 0.05) is 5.56 Å². The van der Waals surface area contributed by atoms with Crippen molar-refractivity contribution < 1.29 is 27.8 Å². The molecular formula is C14H7Cl2F3O3. The van der Waals surface area contributed by atoms with E-state index in [4.69, 9.17) is 33.0 Å². The van der Waals surface area contributed by atoms with Crippen molar-refractivity contribution in [3.63, 3.8) is 0 Å². The first-order chi connectivity index (χ1) is 10.2. The molecule has 8 heteroatoms. The van der Waals surface area contributed by atoms with E-state index in [1.54, 1.807) is 0 Å². The molecule has 0 heterocycles. The highest BCUT2D eigenvalue weighted by atomic mass is 35.5. The molecule has 0 unspecified atom stereocenters. The second-order valence-corrected chi connectivity index (χ2v) is 5.04. The Kier molecular flexibility index (Phi) is 4.53. The minimum atomic E-state index is -1.48. The average Bonchev–Trinajstić information content (AvgIpc) is 2.49. The Morgan fingerprint density at radius 3 is 2.36 bits per heavy atom. The van der Waals surface area contributed by atoms with E-state index in [-0.39, 0.29) is 16.3 Å². The third-order valence-corrected chi connectivity index (χ3v) is 3.50. The van der Waals surface area contributed by atoms with Crippen molar-refractivity contribution >= 4 is 29.2 Å². The molecule has 0 bridgehead atoms. The summed E-state index contributed by atoms with van der Waals surface area (Å²) in [7, 11) is 0. The highest BCUT2D eigenvalue weighted by molar-refractivity contribution is 6.33. The number of carboxylic acid groups (broad SMARTS) is 1. The molecule has 1 N–H and O–H groups in total. The molecule has 0 saturated carbocycles. The van der Waals surface area contributed by atoms with Gasteiger partial charge in [-0.15, -0.1) is 0 Å². The van der Waals surface area contributed by atoms with Crippen LogP contribution in [0.3, 0.4) is 0 Å². The van der Waals surface area contributed by atoms with Gasteiger partial charge in [-0.2, -0.15) is 4.39 Å². The van der Waals surface area contributed by atoms with E-state index in [1.807, 2.05) is 0 Å². The maximum atomic E-state index is 13.8. The maximum absolute atomic E-state index is 13.8. The first kappa shape index (κ1) is 16.5. The molecule has 0 aliphatic rings. The second-order valence-electron chi connectivity index (χ2n) is 4.26. The molecule has 116 valence electrons. The quantitative estimate of drug-likeness (QED) is 0.773. The van der Waals surface area contributed by atoms with Crippen molar-refractivity contribution in [2.75, 3.05) is 0 Å². The number of carboxylic acids is 1. The van der Waals surface area contributed by atoms with Crippen LogP contribution in [0.4, 0.5) is 13.2 Å². The Morgan fingerprint density at radius 2 is 1.77 bits per heavy atom. The van der Waals surface area contributed by atoms with E-state index < -0.39 is 39.8 Å². The fraction of sp³-hybridized carbons (Fsp3) is 0.0714. The average molecular weight is 351 g/mol. The van der Waals surface area contributed by atoms with E-state index in [2.05, 4.69) is 0 Å². The van der Waals surface area contributed by atoms with Crippen molar-refractivity contribution in [1.29, 1.82) is 0 Å². The van der Waals surface area contributed by atoms with E-state index >= 15 is 0 Å². The molecule has 22 heavy (non-hydrogen) atoms. The van der Waals surface area contributed by atoms with Crippen molar-refractivity contribution in [3.8, 4) is 11.5 Å². The fourth-order valence-electron chi connectivity index (χ4n) is 1.66. The zero-order valence-electron chi connectivity index (χ0n) is 10.9. The van der Waals surface area contributed by atoms with Crippen LogP contribution in [0.5, 0.6) is 11.5 Å². The Balaban J connectivity index is 2.53. The second kappa shape index (κ2) is 6.06. The number of benzene rings is 2. The molecule has 2 aromatic rings. The van der Waals surface area contributed by atoms with Crippen molar-refractivity contribution in [3.05, 3.63) is 56.8 Å². The van der Waals surface area contributed by atoms with Crippen molar-refractivity contribution in [2.24, 2.45) is 0 Å². The van der Waals surface area contributed by atoms with Gasteiger partial charge in [-0.3, -0.25) is 0 Å². The third-order valence-electron chi connectivity index (χ3n) is 2.83. The van der Waals surface area contributed by atoms with Crippen LogP contribution < -0.4 is 4.74 Å². The molecule has 0 spiro atoms. The van der Waals surface area contributed by atoms with Crippen LogP contribution in [0.1, 0.15) is 15.9 Å². The zero-order chi connectivity index (χ0) is 16.6. The Labute approximate surface area is 132 Å². The summed E-state index contributed by atoms with van der Waals surface area (Å²) in [5.74, 6) is -6.49. The van der Waals surface area contributed by atoms with E-state index in [0.717, 1.165) is 13.0 Å². The van der Waals surface area contributed by atoms with Gasteiger partial charge in [-0.05, 0) is 25.1 Å². The Hall–Kier alpha value is -1.92. The minimum absolute atomic E-state index is 0.0762. The van der Waals surface area contributed by atoms with Crippen molar-refractivity contribution in [2.45, 2.75) is 6.92 Å². The number of hydrogen-bond acceptors (Lipinski definition) is 2. The molecule has 0 aromatic heterocycles. The lowest BCUT2D eigenvalue weighted by atomic mass is 10.2. The summed E-state index contributed by atoms with van der Waals surface area (Å²) in [5, 5.41) is 8.11. The van der Waals surface area contributed by atoms with Crippen LogP contribution in [0, 0.1) is 24.4 Å². The van der Waals surface area contributed by atoms with Gasteiger partial charge in [0.05, 0.1) is 10.6 Å². The molecule has 0 fully saturated rings. The molecule has 0 aliphatic heterocycles. The lowest BCUT2D eigenvalue weighted by Gasteiger charge is -2.12. The predicted octanol–water partition coefficient (Wildman–Crippen LogP) is 5.21. The molecule has 3 nitrogen and oxygen atoms in total. The highest BCUT2D eigenvalue weighted by Gasteiger charge is 2.24. The molecule has 0 radical (unpaired) electrons. The zero-order valence-corrected chi connectivity index (χ0v) is 12.4. The number of rotatable bonds is 3. The van der Waals surface area contributed by atoms with Crippen molar-refractivity contribution in [1.82, 2.24) is 0 Å². The minimum Gasteiger partial charge on any atom is -0.478 e. The van der Waals surface area contributed by atoms with Crippen LogP contribution in [0.2, 0.25) is 10.0 Å². The predicted molar refractivity (Wildman–Crippen MR) is 74.5 cm³/mol. The van der Waals surface area contributed by atoms with Gasteiger partial charge in [0.2, 0.25) is 5.82 Å². The maximum Gasteiger partial charge on any atom is 0.337 e. The summed E-state index contributed by atoms with van der Waals surface area (Å²) in [5.41, 5.74) is -0.902. The Morgan fingerprint density at radius 1 is 1.14 bits per heavy atom. The van der Waals surface area contributed by atoms with Gasteiger partial charge in [-0.25, -0.2) is 13.6 Å². The van der Waals surface area contributed by atoms with Crippen LogP contribution in [-0.2, 0) is 0 Å². The molecule has 0 atom stereocenters. The van der Waals surface area contributed by atoms with Crippen LogP contribution in [0.15, 0.2) is 18.2 Å². The molecular weight excluding hydrogens is 344 g/mol.